The molecule has 0 aliphatic rings. The standard InChI is InChI=1S/C41H73NO2/c1-4-7-9-11-13-15-17-19-21-23-25-27-29-31-33-35-40(43)38-42(37-6-3)39-41(44)36-34-32-30-28-26-24-22-20-18-16-14-12-10-8-5-2/h13-16,19-22H,4-12,17-18,23-39H2,1-3H3/b15-13-,16-14-,21-19-,22-20-. The van der Waals surface area contributed by atoms with Gasteiger partial charge in [0.15, 0.2) is 0 Å². The van der Waals surface area contributed by atoms with Crippen LogP contribution in [-0.2, 0) is 9.59 Å². The Bertz CT molecular complexity index is 688. The minimum absolute atomic E-state index is 0.300. The SMILES string of the molecule is CCCCC/C=C\C/C=C\CCCCCCCC(=O)CN(CCC)CC(=O)CCCCCCC/C=C\C/C=C\CCCCC. The Labute approximate surface area is 275 Å². The lowest BCUT2D eigenvalue weighted by molar-refractivity contribution is -0.123. The molecule has 0 aromatic carbocycles. The lowest BCUT2D eigenvalue weighted by Crippen LogP contribution is -2.35. The molecule has 3 heteroatoms. The fourth-order valence-corrected chi connectivity index (χ4v) is 5.45. The Morgan fingerprint density at radius 3 is 1.11 bits per heavy atom. The van der Waals surface area contributed by atoms with Crippen molar-refractivity contribution in [2.75, 3.05) is 19.6 Å². The van der Waals surface area contributed by atoms with Gasteiger partial charge in [0.2, 0.25) is 0 Å². The maximum absolute atomic E-state index is 12.6. The van der Waals surface area contributed by atoms with Gasteiger partial charge in [-0.2, -0.15) is 0 Å². The summed E-state index contributed by atoms with van der Waals surface area (Å²) >= 11 is 0. The van der Waals surface area contributed by atoms with E-state index < -0.39 is 0 Å². The summed E-state index contributed by atoms with van der Waals surface area (Å²) in [6, 6.07) is 0. The van der Waals surface area contributed by atoms with Crippen LogP contribution in [0.15, 0.2) is 48.6 Å². The number of nitrogens with zero attached hydrogens (tertiary/aromatic N) is 1. The van der Waals surface area contributed by atoms with Crippen LogP contribution in [0.4, 0.5) is 0 Å². The maximum atomic E-state index is 12.6. The molecule has 254 valence electrons. The van der Waals surface area contributed by atoms with Crippen LogP contribution in [0.2, 0.25) is 0 Å². The number of hydrogen-bond acceptors (Lipinski definition) is 3. The van der Waals surface area contributed by atoms with Gasteiger partial charge in [-0.15, -0.1) is 0 Å². The van der Waals surface area contributed by atoms with Crippen LogP contribution in [0, 0.1) is 0 Å². The lowest BCUT2D eigenvalue weighted by Gasteiger charge is -2.20. The first kappa shape index (κ1) is 42.3. The molecule has 0 radical (unpaired) electrons. The number of rotatable bonds is 34. The number of hydrogen-bond donors (Lipinski definition) is 0. The highest BCUT2D eigenvalue weighted by molar-refractivity contribution is 5.83. The van der Waals surface area contributed by atoms with Crippen molar-refractivity contribution in [3.05, 3.63) is 48.6 Å². The summed E-state index contributed by atoms with van der Waals surface area (Å²) in [5.74, 6) is 0.600. The van der Waals surface area contributed by atoms with Crippen LogP contribution >= 0.6 is 0 Å². The molecule has 0 bridgehead atoms. The Kier molecular flexibility index (Phi) is 34.3. The second-order valence-electron chi connectivity index (χ2n) is 12.7. The number of allylic oxidation sites excluding steroid dienone is 8. The van der Waals surface area contributed by atoms with E-state index in [0.717, 1.165) is 64.3 Å². The van der Waals surface area contributed by atoms with Crippen molar-refractivity contribution in [1.29, 1.82) is 0 Å². The third-order valence-corrected chi connectivity index (χ3v) is 8.15. The first-order valence-corrected chi connectivity index (χ1v) is 19.0. The van der Waals surface area contributed by atoms with E-state index in [2.05, 4.69) is 74.3 Å². The molecule has 0 aromatic heterocycles. The van der Waals surface area contributed by atoms with Crippen LogP contribution < -0.4 is 0 Å². The van der Waals surface area contributed by atoms with Crippen molar-refractivity contribution in [2.24, 2.45) is 0 Å². The summed E-state index contributed by atoms with van der Waals surface area (Å²) in [5, 5.41) is 0. The van der Waals surface area contributed by atoms with E-state index in [1.165, 1.54) is 89.9 Å². The summed E-state index contributed by atoms with van der Waals surface area (Å²) in [5.41, 5.74) is 0. The highest BCUT2D eigenvalue weighted by Crippen LogP contribution is 2.11. The smallest absolute Gasteiger partial charge is 0.146 e. The zero-order chi connectivity index (χ0) is 32.2. The predicted octanol–water partition coefficient (Wildman–Crippen LogP) is 12.5. The van der Waals surface area contributed by atoms with E-state index in [4.69, 9.17) is 0 Å². The van der Waals surface area contributed by atoms with Gasteiger partial charge in [0, 0.05) is 12.8 Å². The summed E-state index contributed by atoms with van der Waals surface area (Å²) in [7, 11) is 0. The average molecular weight is 612 g/mol. The number of unbranched alkanes of at least 4 members (excludes halogenated alkanes) is 16. The highest BCUT2D eigenvalue weighted by atomic mass is 16.1. The molecule has 0 rings (SSSR count). The third kappa shape index (κ3) is 33.2. The van der Waals surface area contributed by atoms with Crippen molar-refractivity contribution in [3.63, 3.8) is 0 Å². The fourth-order valence-electron chi connectivity index (χ4n) is 5.45. The molecular weight excluding hydrogens is 538 g/mol. The molecule has 0 unspecified atom stereocenters. The molecular formula is C41H73NO2. The molecule has 0 atom stereocenters. The van der Waals surface area contributed by atoms with Gasteiger partial charge in [0.1, 0.15) is 11.6 Å². The summed E-state index contributed by atoms with van der Waals surface area (Å²) in [4.78, 5) is 27.2. The molecule has 3 nitrogen and oxygen atoms in total. The third-order valence-electron chi connectivity index (χ3n) is 8.15. The normalized spacial score (nSPS) is 12.3. The maximum Gasteiger partial charge on any atom is 0.146 e. The first-order valence-electron chi connectivity index (χ1n) is 19.0. The second-order valence-corrected chi connectivity index (χ2v) is 12.7. The summed E-state index contributed by atoms with van der Waals surface area (Å²) in [6.07, 6.45) is 47.1. The van der Waals surface area contributed by atoms with Gasteiger partial charge in [-0.05, 0) is 90.0 Å². The molecule has 0 aromatic rings. The monoisotopic (exact) mass is 612 g/mol. The van der Waals surface area contributed by atoms with E-state index in [9.17, 15) is 9.59 Å². The zero-order valence-electron chi connectivity index (χ0n) is 29.7. The van der Waals surface area contributed by atoms with Crippen LogP contribution in [0.5, 0.6) is 0 Å². The topological polar surface area (TPSA) is 37.4 Å². The van der Waals surface area contributed by atoms with Gasteiger partial charge < -0.3 is 0 Å². The van der Waals surface area contributed by atoms with Crippen LogP contribution in [0.1, 0.15) is 181 Å². The van der Waals surface area contributed by atoms with E-state index in [-0.39, 0.29) is 0 Å². The molecule has 0 saturated heterocycles. The summed E-state index contributed by atoms with van der Waals surface area (Å²) < 4.78 is 0. The highest BCUT2D eigenvalue weighted by Gasteiger charge is 2.13. The Morgan fingerprint density at radius 2 is 0.750 bits per heavy atom. The van der Waals surface area contributed by atoms with Gasteiger partial charge in [-0.1, -0.05) is 134 Å². The first-order chi connectivity index (χ1) is 21.6. The number of ketones is 2. The Hall–Kier alpha value is -1.74. The van der Waals surface area contributed by atoms with Crippen molar-refractivity contribution in [3.8, 4) is 0 Å². The molecule has 0 heterocycles. The van der Waals surface area contributed by atoms with E-state index in [0.29, 0.717) is 37.5 Å². The zero-order valence-corrected chi connectivity index (χ0v) is 29.7. The second kappa shape index (κ2) is 35.7. The average Bonchev–Trinajstić information content (AvgIpc) is 3.01. The Balaban J connectivity index is 3.76. The van der Waals surface area contributed by atoms with Gasteiger partial charge >= 0.3 is 0 Å². The predicted molar refractivity (Wildman–Crippen MR) is 195 cm³/mol. The van der Waals surface area contributed by atoms with Crippen molar-refractivity contribution >= 4 is 11.6 Å². The van der Waals surface area contributed by atoms with Gasteiger partial charge in [-0.25, -0.2) is 0 Å². The Morgan fingerprint density at radius 1 is 0.409 bits per heavy atom. The molecule has 0 N–H and O–H groups in total. The van der Waals surface area contributed by atoms with Crippen LogP contribution in [0.25, 0.3) is 0 Å². The van der Waals surface area contributed by atoms with Gasteiger partial charge in [-0.3, -0.25) is 14.5 Å². The van der Waals surface area contributed by atoms with E-state index in [1.54, 1.807) is 0 Å². The minimum Gasteiger partial charge on any atom is -0.298 e. The summed E-state index contributed by atoms with van der Waals surface area (Å²) in [6.45, 7) is 8.35. The van der Waals surface area contributed by atoms with E-state index in [1.807, 2.05) is 0 Å². The molecule has 44 heavy (non-hydrogen) atoms. The number of carbonyl (C=O) groups is 2. The molecule has 0 aliphatic heterocycles. The molecule has 0 aliphatic carbocycles. The quantitative estimate of drug-likeness (QED) is 0.0536. The number of carbonyl (C=O) groups excluding carboxylic acids is 2. The molecule has 0 amide bonds. The van der Waals surface area contributed by atoms with Crippen LogP contribution in [-0.4, -0.2) is 36.1 Å². The van der Waals surface area contributed by atoms with Gasteiger partial charge in [0.05, 0.1) is 13.1 Å². The molecule has 0 fully saturated rings. The largest absolute Gasteiger partial charge is 0.298 e. The molecule has 0 spiro atoms. The van der Waals surface area contributed by atoms with Crippen molar-refractivity contribution < 1.29 is 9.59 Å². The van der Waals surface area contributed by atoms with Gasteiger partial charge in [0.25, 0.3) is 0 Å². The minimum atomic E-state index is 0.300. The van der Waals surface area contributed by atoms with Crippen molar-refractivity contribution in [1.82, 2.24) is 4.90 Å². The van der Waals surface area contributed by atoms with E-state index >= 15 is 0 Å². The fraction of sp³-hybridized carbons (Fsp3) is 0.756. The van der Waals surface area contributed by atoms with Crippen molar-refractivity contribution in [2.45, 2.75) is 181 Å². The lowest BCUT2D eigenvalue weighted by atomic mass is 10.1. The van der Waals surface area contributed by atoms with Crippen LogP contribution in [0.3, 0.4) is 0 Å². The molecule has 0 saturated carbocycles. The number of Topliss-reactive ketones (excluding diaryl/α,β-unsaturated/α-hetero) is 2.